The second-order valence-corrected chi connectivity index (χ2v) is 5.94. The third-order valence-electron chi connectivity index (χ3n) is 3.96. The Morgan fingerprint density at radius 1 is 0.900 bits per heavy atom. The zero-order chi connectivity index (χ0) is 14.6. The number of nitrogens with two attached hydrogens (primary N) is 1. The van der Waals surface area contributed by atoms with Crippen LogP contribution in [0, 0.1) is 5.41 Å². The van der Waals surface area contributed by atoms with Crippen molar-refractivity contribution in [3.8, 4) is 0 Å². The van der Waals surface area contributed by atoms with Crippen LogP contribution in [0.5, 0.6) is 0 Å². The van der Waals surface area contributed by atoms with Crippen LogP contribution in [0.1, 0.15) is 30.9 Å². The minimum Gasteiger partial charge on any atom is -0.392 e. The van der Waals surface area contributed by atoms with Crippen molar-refractivity contribution in [2.75, 3.05) is 6.54 Å². The van der Waals surface area contributed by atoms with E-state index in [9.17, 15) is 5.11 Å². The first kappa shape index (κ1) is 14.8. The van der Waals surface area contributed by atoms with Crippen LogP contribution in [0.15, 0.2) is 60.7 Å². The Labute approximate surface area is 121 Å². The molecule has 0 aromatic heterocycles. The van der Waals surface area contributed by atoms with E-state index in [1.807, 2.05) is 50.2 Å². The van der Waals surface area contributed by atoms with Crippen molar-refractivity contribution in [2.24, 2.45) is 11.1 Å². The minimum atomic E-state index is -0.530. The summed E-state index contributed by atoms with van der Waals surface area (Å²) in [5.41, 5.74) is 7.74. The highest BCUT2D eigenvalue weighted by Crippen LogP contribution is 2.36. The monoisotopic (exact) mass is 269 g/mol. The fraction of sp³-hybridized carbons (Fsp3) is 0.333. The molecule has 0 heterocycles. The lowest BCUT2D eigenvalue weighted by Crippen LogP contribution is -2.40. The Morgan fingerprint density at radius 3 is 1.65 bits per heavy atom. The minimum absolute atomic E-state index is 0.0593. The van der Waals surface area contributed by atoms with E-state index in [0.717, 1.165) is 11.1 Å². The third kappa shape index (κ3) is 3.09. The Morgan fingerprint density at radius 2 is 1.30 bits per heavy atom. The molecule has 0 saturated heterocycles. The largest absolute Gasteiger partial charge is 0.392 e. The van der Waals surface area contributed by atoms with Gasteiger partial charge in [0.1, 0.15) is 0 Å². The molecule has 2 nitrogen and oxygen atoms in total. The molecule has 2 aromatic rings. The predicted octanol–water partition coefficient (Wildman–Crippen LogP) is 3.16. The summed E-state index contributed by atoms with van der Waals surface area (Å²) in [5, 5.41) is 10.9. The molecule has 0 aliphatic rings. The van der Waals surface area contributed by atoms with Crippen LogP contribution < -0.4 is 5.73 Å². The summed E-state index contributed by atoms with van der Waals surface area (Å²) in [6.45, 7) is 4.47. The van der Waals surface area contributed by atoms with Gasteiger partial charge in [0.15, 0.2) is 0 Å². The molecule has 0 spiro atoms. The smallest absolute Gasteiger partial charge is 0.0712 e. The number of aliphatic hydroxyl groups excluding tert-OH is 1. The van der Waals surface area contributed by atoms with E-state index < -0.39 is 6.10 Å². The van der Waals surface area contributed by atoms with Gasteiger partial charge < -0.3 is 10.8 Å². The van der Waals surface area contributed by atoms with Gasteiger partial charge in [0.2, 0.25) is 0 Å². The zero-order valence-corrected chi connectivity index (χ0v) is 12.2. The summed E-state index contributed by atoms with van der Waals surface area (Å²) in [6.07, 6.45) is -0.530. The van der Waals surface area contributed by atoms with Crippen LogP contribution >= 0.6 is 0 Å². The Hall–Kier alpha value is -1.64. The number of hydrogen-bond acceptors (Lipinski definition) is 2. The van der Waals surface area contributed by atoms with Crippen LogP contribution in [-0.4, -0.2) is 17.8 Å². The van der Waals surface area contributed by atoms with Crippen molar-refractivity contribution in [1.29, 1.82) is 0 Å². The first-order valence-electron chi connectivity index (χ1n) is 7.04. The van der Waals surface area contributed by atoms with Crippen LogP contribution in [0.2, 0.25) is 0 Å². The van der Waals surface area contributed by atoms with Crippen LogP contribution in [0.25, 0.3) is 0 Å². The van der Waals surface area contributed by atoms with Gasteiger partial charge in [-0.15, -0.1) is 0 Å². The van der Waals surface area contributed by atoms with E-state index in [1.54, 1.807) is 0 Å². The maximum absolute atomic E-state index is 10.9. The summed E-state index contributed by atoms with van der Waals surface area (Å²) < 4.78 is 0. The van der Waals surface area contributed by atoms with Crippen molar-refractivity contribution in [1.82, 2.24) is 0 Å². The van der Waals surface area contributed by atoms with Crippen molar-refractivity contribution in [2.45, 2.75) is 25.9 Å². The number of hydrogen-bond donors (Lipinski definition) is 2. The third-order valence-corrected chi connectivity index (χ3v) is 3.96. The molecule has 2 heteroatoms. The Bertz CT molecular complexity index is 482. The first-order valence-corrected chi connectivity index (χ1v) is 7.04. The fourth-order valence-electron chi connectivity index (χ4n) is 2.45. The SMILES string of the molecule is CC(C)(CN)C(O)C(c1ccccc1)c1ccccc1. The Kier molecular flexibility index (Phi) is 4.58. The van der Waals surface area contributed by atoms with Crippen molar-refractivity contribution in [3.05, 3.63) is 71.8 Å². The number of rotatable bonds is 5. The molecule has 2 rings (SSSR count). The van der Waals surface area contributed by atoms with Gasteiger partial charge in [-0.2, -0.15) is 0 Å². The normalized spacial score (nSPS) is 13.4. The molecular weight excluding hydrogens is 246 g/mol. The number of benzene rings is 2. The molecule has 0 aliphatic heterocycles. The van der Waals surface area contributed by atoms with Gasteiger partial charge in [-0.3, -0.25) is 0 Å². The quantitative estimate of drug-likeness (QED) is 0.876. The molecule has 0 amide bonds. The van der Waals surface area contributed by atoms with Gasteiger partial charge in [-0.25, -0.2) is 0 Å². The van der Waals surface area contributed by atoms with Gasteiger partial charge in [0.05, 0.1) is 6.10 Å². The van der Waals surface area contributed by atoms with Gasteiger partial charge in [-0.05, 0) is 17.7 Å². The molecule has 1 unspecified atom stereocenters. The van der Waals surface area contributed by atoms with Crippen LogP contribution in [0.3, 0.4) is 0 Å². The van der Waals surface area contributed by atoms with Crippen molar-refractivity contribution >= 4 is 0 Å². The van der Waals surface area contributed by atoms with E-state index in [0.29, 0.717) is 6.54 Å². The molecule has 0 bridgehead atoms. The molecule has 0 aliphatic carbocycles. The van der Waals surface area contributed by atoms with E-state index >= 15 is 0 Å². The zero-order valence-electron chi connectivity index (χ0n) is 12.2. The highest BCUT2D eigenvalue weighted by Gasteiger charge is 2.34. The van der Waals surface area contributed by atoms with Gasteiger partial charge in [-0.1, -0.05) is 74.5 Å². The lowest BCUT2D eigenvalue weighted by Gasteiger charge is -2.35. The standard InChI is InChI=1S/C18H23NO/c1-18(2,13-19)17(20)16(14-9-5-3-6-10-14)15-11-7-4-8-12-15/h3-12,16-17,20H,13,19H2,1-2H3. The molecule has 0 radical (unpaired) electrons. The topological polar surface area (TPSA) is 46.2 Å². The molecule has 0 fully saturated rings. The van der Waals surface area contributed by atoms with E-state index in [4.69, 9.17) is 5.73 Å². The predicted molar refractivity (Wildman–Crippen MR) is 83.6 cm³/mol. The van der Waals surface area contributed by atoms with E-state index in [2.05, 4.69) is 24.3 Å². The van der Waals surface area contributed by atoms with Gasteiger partial charge in [0.25, 0.3) is 0 Å². The van der Waals surface area contributed by atoms with E-state index in [-0.39, 0.29) is 11.3 Å². The molecule has 106 valence electrons. The Balaban J connectivity index is 2.46. The molecule has 3 N–H and O–H groups in total. The van der Waals surface area contributed by atoms with Gasteiger partial charge in [0, 0.05) is 11.3 Å². The second-order valence-electron chi connectivity index (χ2n) is 5.94. The molecular formula is C18H23NO. The average Bonchev–Trinajstić information content (AvgIpc) is 2.49. The summed E-state index contributed by atoms with van der Waals surface area (Å²) in [6, 6.07) is 20.3. The lowest BCUT2D eigenvalue weighted by atomic mass is 9.74. The molecule has 2 aromatic carbocycles. The average molecular weight is 269 g/mol. The maximum Gasteiger partial charge on any atom is 0.0712 e. The molecule has 20 heavy (non-hydrogen) atoms. The highest BCUT2D eigenvalue weighted by atomic mass is 16.3. The van der Waals surface area contributed by atoms with Crippen molar-refractivity contribution in [3.63, 3.8) is 0 Å². The summed E-state index contributed by atoms with van der Waals surface area (Å²) >= 11 is 0. The highest BCUT2D eigenvalue weighted by molar-refractivity contribution is 5.34. The summed E-state index contributed by atoms with van der Waals surface area (Å²) in [4.78, 5) is 0. The molecule has 1 atom stereocenters. The molecule has 0 saturated carbocycles. The van der Waals surface area contributed by atoms with Crippen LogP contribution in [-0.2, 0) is 0 Å². The second kappa shape index (κ2) is 6.21. The van der Waals surface area contributed by atoms with Crippen molar-refractivity contribution < 1.29 is 5.11 Å². The van der Waals surface area contributed by atoms with Crippen LogP contribution in [0.4, 0.5) is 0 Å². The lowest BCUT2D eigenvalue weighted by molar-refractivity contribution is 0.0425. The summed E-state index contributed by atoms with van der Waals surface area (Å²) in [5.74, 6) is -0.0593. The fourth-order valence-corrected chi connectivity index (χ4v) is 2.45. The summed E-state index contributed by atoms with van der Waals surface area (Å²) in [7, 11) is 0. The van der Waals surface area contributed by atoms with Gasteiger partial charge >= 0.3 is 0 Å². The maximum atomic E-state index is 10.9. The number of aliphatic hydroxyl groups is 1. The van der Waals surface area contributed by atoms with E-state index in [1.165, 1.54) is 0 Å². The first-order chi connectivity index (χ1) is 9.56.